The number of hydrogen-bond donors (Lipinski definition) is 1. The van der Waals surface area contributed by atoms with Crippen LogP contribution in [0.1, 0.15) is 24.2 Å². The Bertz CT molecular complexity index is 1190. The van der Waals surface area contributed by atoms with Crippen LogP contribution in [0, 0.1) is 12.9 Å². The van der Waals surface area contributed by atoms with Gasteiger partial charge in [0.15, 0.2) is 0 Å². The van der Waals surface area contributed by atoms with Crippen LogP contribution in [-0.4, -0.2) is 22.1 Å². The van der Waals surface area contributed by atoms with Gasteiger partial charge in [-0.1, -0.05) is 41.4 Å². The number of rotatable bonds is 6. The quantitative estimate of drug-likeness (QED) is 0.355. The lowest BCUT2D eigenvalue weighted by Gasteiger charge is -2.17. The summed E-state index contributed by atoms with van der Waals surface area (Å²) in [4.78, 5) is 11.2. The number of H-pyrrole nitrogens is 1. The summed E-state index contributed by atoms with van der Waals surface area (Å²) in [6.45, 7) is 4.05. The Morgan fingerprint density at radius 2 is 1.84 bits per heavy atom. The van der Waals surface area contributed by atoms with Crippen LogP contribution in [-0.2, 0) is 0 Å². The number of halogens is 2. The topological polar surface area (TPSA) is 60.0 Å². The number of nitrogens with zero attached hydrogens (tertiary/aromatic N) is 2. The predicted molar refractivity (Wildman–Crippen MR) is 119 cm³/mol. The van der Waals surface area contributed by atoms with Crippen molar-refractivity contribution < 1.29 is 13.9 Å². The van der Waals surface area contributed by atoms with E-state index in [9.17, 15) is 4.39 Å². The van der Waals surface area contributed by atoms with Gasteiger partial charge in [0.1, 0.15) is 34.3 Å². The molecule has 31 heavy (non-hydrogen) atoms. The molecule has 0 bridgehead atoms. The molecule has 2 aromatic carbocycles. The molecule has 4 aromatic rings. The lowest BCUT2D eigenvalue weighted by Crippen LogP contribution is -2.03. The van der Waals surface area contributed by atoms with Gasteiger partial charge < -0.3 is 14.5 Å². The number of nitrogens with one attached hydrogen (secondary N) is 1. The van der Waals surface area contributed by atoms with Gasteiger partial charge in [-0.25, -0.2) is 9.97 Å². The zero-order valence-electron chi connectivity index (χ0n) is 17.3. The van der Waals surface area contributed by atoms with Crippen LogP contribution in [0.15, 0.2) is 60.8 Å². The Kier molecular flexibility index (Phi) is 5.91. The Balaban J connectivity index is 1.61. The van der Waals surface area contributed by atoms with Crippen molar-refractivity contribution in [3.63, 3.8) is 0 Å². The smallest absolute Gasteiger partial charge is 0.212 e. The summed E-state index contributed by atoms with van der Waals surface area (Å²) in [5.41, 5.74) is 4.15. The largest absolute Gasteiger partial charge is 0.496 e. The van der Waals surface area contributed by atoms with E-state index in [1.54, 1.807) is 13.2 Å². The lowest BCUT2D eigenvalue weighted by molar-refractivity contribution is 0.226. The van der Waals surface area contributed by atoms with E-state index in [0.29, 0.717) is 39.3 Å². The van der Waals surface area contributed by atoms with Crippen molar-refractivity contribution in [2.75, 3.05) is 7.11 Å². The van der Waals surface area contributed by atoms with Gasteiger partial charge in [0, 0.05) is 23.4 Å². The minimum Gasteiger partial charge on any atom is -0.496 e. The van der Waals surface area contributed by atoms with Crippen molar-refractivity contribution >= 4 is 11.6 Å². The van der Waals surface area contributed by atoms with Crippen LogP contribution in [0.5, 0.6) is 11.5 Å². The average Bonchev–Trinajstić information content (AvgIpc) is 3.16. The Morgan fingerprint density at radius 3 is 2.52 bits per heavy atom. The molecule has 0 saturated carbocycles. The number of hydrogen-bond acceptors (Lipinski definition) is 4. The number of ether oxygens (including phenoxy) is 2. The van der Waals surface area contributed by atoms with Crippen molar-refractivity contribution in [1.29, 1.82) is 0 Å². The van der Waals surface area contributed by atoms with Crippen molar-refractivity contribution in [2.45, 2.75) is 20.0 Å². The average molecular weight is 438 g/mol. The summed E-state index contributed by atoms with van der Waals surface area (Å²) in [6, 6.07) is 16.6. The monoisotopic (exact) mass is 437 g/mol. The van der Waals surface area contributed by atoms with E-state index in [4.69, 9.17) is 21.1 Å². The molecule has 1 unspecified atom stereocenters. The summed E-state index contributed by atoms with van der Waals surface area (Å²) in [6.07, 6.45) is 1.28. The molecule has 0 amide bonds. The maximum Gasteiger partial charge on any atom is 0.212 e. The summed E-state index contributed by atoms with van der Waals surface area (Å²) in [5, 5.41) is 0.347. The highest BCUT2D eigenvalue weighted by Crippen LogP contribution is 2.38. The Labute approximate surface area is 184 Å². The highest BCUT2D eigenvalue weighted by Gasteiger charge is 2.18. The molecule has 2 heterocycles. The van der Waals surface area contributed by atoms with Gasteiger partial charge >= 0.3 is 0 Å². The Morgan fingerprint density at radius 1 is 1.06 bits per heavy atom. The number of aromatic amines is 1. The first-order valence-electron chi connectivity index (χ1n) is 9.73. The lowest BCUT2D eigenvalue weighted by atomic mass is 10.1. The molecule has 1 atom stereocenters. The van der Waals surface area contributed by atoms with E-state index >= 15 is 0 Å². The van der Waals surface area contributed by atoms with Crippen LogP contribution < -0.4 is 9.47 Å². The molecular weight excluding hydrogens is 417 g/mol. The normalized spacial score (nSPS) is 11.9. The van der Waals surface area contributed by atoms with E-state index in [-0.39, 0.29) is 6.10 Å². The van der Waals surface area contributed by atoms with Gasteiger partial charge in [-0.15, -0.1) is 0 Å². The summed E-state index contributed by atoms with van der Waals surface area (Å²) in [7, 11) is 1.58. The number of pyridine rings is 1. The minimum absolute atomic E-state index is 0.122. The second-order valence-electron chi connectivity index (χ2n) is 7.15. The van der Waals surface area contributed by atoms with E-state index in [2.05, 4.69) is 46.1 Å². The van der Waals surface area contributed by atoms with Crippen LogP contribution in [0.25, 0.3) is 22.6 Å². The molecule has 0 radical (unpaired) electrons. The summed E-state index contributed by atoms with van der Waals surface area (Å²) < 4.78 is 24.8. The standard InChI is InChI=1S/C24H21ClFN3O2/c1-14-4-6-16(7-5-14)15(2)31-18-9-10-19(20(12-18)30-3)22-23(25)29-24(28-22)17-8-11-21(26)27-13-17/h4-13,15H,1-3H3,(H,28,29). The van der Waals surface area contributed by atoms with Gasteiger partial charge in [-0.2, -0.15) is 4.39 Å². The zero-order chi connectivity index (χ0) is 22.0. The molecule has 0 spiro atoms. The van der Waals surface area contributed by atoms with E-state index in [0.717, 1.165) is 5.56 Å². The van der Waals surface area contributed by atoms with Gasteiger partial charge in [-0.3, -0.25) is 0 Å². The first-order chi connectivity index (χ1) is 14.9. The molecule has 0 aliphatic rings. The molecular formula is C24H21ClFN3O2. The maximum absolute atomic E-state index is 13.1. The van der Waals surface area contributed by atoms with Crippen LogP contribution in [0.2, 0.25) is 5.15 Å². The second-order valence-corrected chi connectivity index (χ2v) is 7.53. The fraction of sp³-hybridized carbons (Fsp3) is 0.167. The minimum atomic E-state index is -0.557. The molecule has 158 valence electrons. The first-order valence-corrected chi connectivity index (χ1v) is 10.1. The van der Waals surface area contributed by atoms with Crippen molar-refractivity contribution in [3.8, 4) is 34.1 Å². The SMILES string of the molecule is COc1cc(OC(C)c2ccc(C)cc2)ccc1-c1nc(-c2ccc(F)nc2)[nH]c1Cl. The third kappa shape index (κ3) is 4.54. The number of aromatic nitrogens is 3. The summed E-state index contributed by atoms with van der Waals surface area (Å²) in [5.74, 6) is 1.18. The molecule has 5 nitrogen and oxygen atoms in total. The van der Waals surface area contributed by atoms with E-state index in [1.165, 1.54) is 17.8 Å². The number of aryl methyl sites for hydroxylation is 1. The van der Waals surface area contributed by atoms with Crippen LogP contribution in [0.3, 0.4) is 0 Å². The molecule has 7 heteroatoms. The maximum atomic E-state index is 13.1. The highest BCUT2D eigenvalue weighted by molar-refractivity contribution is 6.32. The molecule has 0 aliphatic carbocycles. The van der Waals surface area contributed by atoms with Crippen molar-refractivity contribution in [2.24, 2.45) is 0 Å². The molecule has 2 aromatic heterocycles. The van der Waals surface area contributed by atoms with Crippen LogP contribution in [0.4, 0.5) is 4.39 Å². The van der Waals surface area contributed by atoms with E-state index in [1.807, 2.05) is 25.1 Å². The molecule has 0 fully saturated rings. The third-order valence-electron chi connectivity index (χ3n) is 4.95. The molecule has 4 rings (SSSR count). The zero-order valence-corrected chi connectivity index (χ0v) is 18.1. The van der Waals surface area contributed by atoms with Crippen molar-refractivity contribution in [1.82, 2.24) is 15.0 Å². The van der Waals surface area contributed by atoms with Gasteiger partial charge in [0.2, 0.25) is 5.95 Å². The fourth-order valence-corrected chi connectivity index (χ4v) is 3.47. The van der Waals surface area contributed by atoms with E-state index < -0.39 is 5.95 Å². The highest BCUT2D eigenvalue weighted by atomic mass is 35.5. The molecule has 0 aliphatic heterocycles. The van der Waals surface area contributed by atoms with Gasteiger partial charge in [0.25, 0.3) is 0 Å². The summed E-state index contributed by atoms with van der Waals surface area (Å²) >= 11 is 6.41. The van der Waals surface area contributed by atoms with Gasteiger partial charge in [-0.05, 0) is 43.7 Å². The fourth-order valence-electron chi connectivity index (χ4n) is 3.23. The molecule has 0 saturated heterocycles. The third-order valence-corrected chi connectivity index (χ3v) is 5.22. The number of imidazole rings is 1. The van der Waals surface area contributed by atoms with Gasteiger partial charge in [0.05, 0.1) is 7.11 Å². The predicted octanol–water partition coefficient (Wildman–Crippen LogP) is 6.39. The second kappa shape index (κ2) is 8.78. The molecule has 1 N–H and O–H groups in total. The number of methoxy groups -OCH3 is 1. The van der Waals surface area contributed by atoms with Crippen LogP contribution >= 0.6 is 11.6 Å². The first kappa shape index (κ1) is 20.9. The number of benzene rings is 2. The van der Waals surface area contributed by atoms with Crippen molar-refractivity contribution in [3.05, 3.63) is 83.0 Å². The Hall–Kier alpha value is -3.38.